The van der Waals surface area contributed by atoms with E-state index >= 15 is 0 Å². The van der Waals surface area contributed by atoms with E-state index in [4.69, 9.17) is 5.73 Å². The zero-order valence-corrected chi connectivity index (χ0v) is 13.1. The summed E-state index contributed by atoms with van der Waals surface area (Å²) >= 11 is 0. The maximum Gasteiger partial charge on any atom is 0.0126 e. The Hall–Kier alpha value is -0.160. The second-order valence-corrected chi connectivity index (χ2v) is 7.18. The highest BCUT2D eigenvalue weighted by Crippen LogP contribution is 2.16. The smallest absolute Gasteiger partial charge is 0.0126 e. The van der Waals surface area contributed by atoms with Crippen molar-refractivity contribution in [3.05, 3.63) is 0 Å². The number of piperidine rings is 1. The molecule has 4 nitrogen and oxygen atoms in total. The summed E-state index contributed by atoms with van der Waals surface area (Å²) in [4.78, 5) is 7.81. The lowest BCUT2D eigenvalue weighted by molar-refractivity contribution is 0.0559. The molecule has 0 radical (unpaired) electrons. The third kappa shape index (κ3) is 4.71. The predicted molar refractivity (Wildman–Crippen MR) is 81.4 cm³/mol. The molecular weight excluding hydrogens is 236 g/mol. The lowest BCUT2D eigenvalue weighted by Gasteiger charge is -2.42. The molecule has 2 aliphatic heterocycles. The largest absolute Gasteiger partial charge is 0.328 e. The summed E-state index contributed by atoms with van der Waals surface area (Å²) in [6.45, 7) is 16.7. The molecule has 0 bridgehead atoms. The number of nitrogens with two attached hydrogens (primary N) is 1. The van der Waals surface area contributed by atoms with Gasteiger partial charge in [-0.05, 0) is 46.7 Å². The van der Waals surface area contributed by atoms with E-state index in [0.717, 1.165) is 0 Å². The van der Waals surface area contributed by atoms with Gasteiger partial charge in [0.25, 0.3) is 0 Å². The maximum atomic E-state index is 5.95. The molecule has 0 unspecified atom stereocenters. The maximum absolute atomic E-state index is 5.95. The van der Waals surface area contributed by atoms with Crippen molar-refractivity contribution in [1.82, 2.24) is 14.7 Å². The summed E-state index contributed by atoms with van der Waals surface area (Å²) in [5.74, 6) is 0. The van der Waals surface area contributed by atoms with E-state index < -0.39 is 0 Å². The van der Waals surface area contributed by atoms with Crippen molar-refractivity contribution >= 4 is 0 Å². The van der Waals surface area contributed by atoms with Crippen LogP contribution in [0.4, 0.5) is 0 Å². The molecule has 2 rings (SSSR count). The zero-order chi connectivity index (χ0) is 13.9. The average Bonchev–Trinajstić information content (AvgIpc) is 2.37. The molecule has 0 amide bonds. The van der Waals surface area contributed by atoms with Gasteiger partial charge >= 0.3 is 0 Å². The van der Waals surface area contributed by atoms with Gasteiger partial charge in [0.05, 0.1) is 0 Å². The topological polar surface area (TPSA) is 35.7 Å². The van der Waals surface area contributed by atoms with Crippen molar-refractivity contribution in [2.24, 2.45) is 5.73 Å². The molecule has 19 heavy (non-hydrogen) atoms. The molecule has 2 heterocycles. The van der Waals surface area contributed by atoms with Crippen molar-refractivity contribution in [2.45, 2.75) is 45.2 Å². The summed E-state index contributed by atoms with van der Waals surface area (Å²) in [5.41, 5.74) is 6.28. The molecule has 0 aromatic rings. The van der Waals surface area contributed by atoms with Crippen LogP contribution in [0.3, 0.4) is 0 Å². The molecule has 0 aromatic heterocycles. The highest BCUT2D eigenvalue weighted by Gasteiger charge is 2.26. The zero-order valence-electron chi connectivity index (χ0n) is 13.1. The lowest BCUT2D eigenvalue weighted by atomic mass is 10.0. The van der Waals surface area contributed by atoms with Gasteiger partial charge in [-0.25, -0.2) is 0 Å². The monoisotopic (exact) mass is 268 g/mol. The van der Waals surface area contributed by atoms with Gasteiger partial charge in [-0.2, -0.15) is 0 Å². The van der Waals surface area contributed by atoms with Gasteiger partial charge in [0, 0.05) is 50.8 Å². The van der Waals surface area contributed by atoms with Gasteiger partial charge in [-0.15, -0.1) is 0 Å². The van der Waals surface area contributed by atoms with E-state index in [9.17, 15) is 0 Å². The first-order chi connectivity index (χ1) is 8.95. The van der Waals surface area contributed by atoms with Gasteiger partial charge in [0.15, 0.2) is 0 Å². The van der Waals surface area contributed by atoms with Crippen LogP contribution in [0.25, 0.3) is 0 Å². The van der Waals surface area contributed by atoms with Crippen LogP contribution < -0.4 is 5.73 Å². The van der Waals surface area contributed by atoms with E-state index in [1.54, 1.807) is 0 Å². The van der Waals surface area contributed by atoms with Crippen molar-refractivity contribution in [2.75, 3.05) is 52.4 Å². The molecule has 0 spiro atoms. The standard InChI is InChI=1S/C15H32N4/c1-15(2,3)19-12-10-18(11-13-19)9-8-17-6-4-14(16)5-7-17/h14H,4-13,16H2,1-3H3. The summed E-state index contributed by atoms with van der Waals surface area (Å²) < 4.78 is 0. The van der Waals surface area contributed by atoms with Crippen LogP contribution >= 0.6 is 0 Å². The first-order valence-corrected chi connectivity index (χ1v) is 7.90. The first kappa shape index (κ1) is 15.2. The molecule has 0 aromatic carbocycles. The van der Waals surface area contributed by atoms with E-state index in [-0.39, 0.29) is 0 Å². The van der Waals surface area contributed by atoms with E-state index in [1.165, 1.54) is 65.2 Å². The second-order valence-electron chi connectivity index (χ2n) is 7.18. The third-order valence-corrected chi connectivity index (χ3v) is 4.69. The Kier molecular flexibility index (Phi) is 5.23. The van der Waals surface area contributed by atoms with Gasteiger partial charge in [0.2, 0.25) is 0 Å². The summed E-state index contributed by atoms with van der Waals surface area (Å²) in [7, 11) is 0. The van der Waals surface area contributed by atoms with Crippen LogP contribution in [0.1, 0.15) is 33.6 Å². The highest BCUT2D eigenvalue weighted by molar-refractivity contribution is 4.82. The van der Waals surface area contributed by atoms with E-state index in [0.29, 0.717) is 11.6 Å². The van der Waals surface area contributed by atoms with Crippen molar-refractivity contribution in [3.63, 3.8) is 0 Å². The highest BCUT2D eigenvalue weighted by atomic mass is 15.3. The number of rotatable bonds is 3. The number of piperazine rings is 1. The Morgan fingerprint density at radius 1 is 0.842 bits per heavy atom. The molecule has 2 aliphatic rings. The normalized spacial score (nSPS) is 25.9. The Morgan fingerprint density at radius 3 is 1.79 bits per heavy atom. The molecular formula is C15H32N4. The quantitative estimate of drug-likeness (QED) is 0.822. The fourth-order valence-electron chi connectivity index (χ4n) is 3.10. The SMILES string of the molecule is CC(C)(C)N1CCN(CCN2CCC(N)CC2)CC1. The van der Waals surface area contributed by atoms with Crippen molar-refractivity contribution in [3.8, 4) is 0 Å². The number of hydrogen-bond acceptors (Lipinski definition) is 4. The number of nitrogens with zero attached hydrogens (tertiary/aromatic N) is 3. The van der Waals surface area contributed by atoms with Crippen LogP contribution in [-0.2, 0) is 0 Å². The van der Waals surface area contributed by atoms with Crippen LogP contribution in [0.2, 0.25) is 0 Å². The molecule has 2 N–H and O–H groups in total. The Morgan fingerprint density at radius 2 is 1.32 bits per heavy atom. The molecule has 2 saturated heterocycles. The van der Waals surface area contributed by atoms with Gasteiger partial charge in [0.1, 0.15) is 0 Å². The summed E-state index contributed by atoms with van der Waals surface area (Å²) in [6.07, 6.45) is 2.36. The van der Waals surface area contributed by atoms with Crippen molar-refractivity contribution < 1.29 is 0 Å². The first-order valence-electron chi connectivity index (χ1n) is 7.90. The number of likely N-dealkylation sites (tertiary alicyclic amines) is 1. The summed E-state index contributed by atoms with van der Waals surface area (Å²) in [5, 5.41) is 0. The third-order valence-electron chi connectivity index (χ3n) is 4.69. The molecule has 4 heteroatoms. The van der Waals surface area contributed by atoms with Crippen LogP contribution in [-0.4, -0.2) is 78.6 Å². The Labute approximate surface area is 118 Å². The van der Waals surface area contributed by atoms with Crippen LogP contribution in [0, 0.1) is 0 Å². The second kappa shape index (κ2) is 6.53. The lowest BCUT2D eigenvalue weighted by Crippen LogP contribution is -2.54. The summed E-state index contributed by atoms with van der Waals surface area (Å²) in [6, 6.07) is 0.451. The van der Waals surface area contributed by atoms with Crippen LogP contribution in [0.15, 0.2) is 0 Å². The van der Waals surface area contributed by atoms with Crippen LogP contribution in [0.5, 0.6) is 0 Å². The van der Waals surface area contributed by atoms with Gasteiger partial charge in [-0.3, -0.25) is 9.80 Å². The van der Waals surface area contributed by atoms with Gasteiger partial charge in [-0.1, -0.05) is 0 Å². The molecule has 2 fully saturated rings. The van der Waals surface area contributed by atoms with Gasteiger partial charge < -0.3 is 10.6 Å². The Bertz CT molecular complexity index is 258. The average molecular weight is 268 g/mol. The minimum Gasteiger partial charge on any atom is -0.328 e. The van der Waals surface area contributed by atoms with E-state index in [1.807, 2.05) is 0 Å². The molecule has 0 atom stereocenters. The van der Waals surface area contributed by atoms with E-state index in [2.05, 4.69) is 35.5 Å². The predicted octanol–water partition coefficient (Wildman–Crippen LogP) is 0.826. The molecule has 0 saturated carbocycles. The fourth-order valence-corrected chi connectivity index (χ4v) is 3.10. The fraction of sp³-hybridized carbons (Fsp3) is 1.00. The van der Waals surface area contributed by atoms with Crippen molar-refractivity contribution in [1.29, 1.82) is 0 Å². The number of hydrogen-bond donors (Lipinski definition) is 1. The molecule has 112 valence electrons. The Balaban J connectivity index is 1.63. The minimum atomic E-state index is 0.328. The minimum absolute atomic E-state index is 0.328. The molecule has 0 aliphatic carbocycles.